The number of carbonyl (C=O) groups excluding carboxylic acids is 2. The molecular formula is C22H21FO6S. The monoisotopic (exact) mass is 432 g/mol. The molecule has 2 aromatic carbocycles. The lowest BCUT2D eigenvalue weighted by Crippen LogP contribution is -2.23. The molecule has 0 fully saturated rings. The first kappa shape index (κ1) is 21.7. The van der Waals surface area contributed by atoms with Gasteiger partial charge in [0, 0.05) is 25.5 Å². The highest BCUT2D eigenvalue weighted by atomic mass is 32.2. The van der Waals surface area contributed by atoms with Crippen LogP contribution in [0.5, 0.6) is 11.5 Å². The summed E-state index contributed by atoms with van der Waals surface area (Å²) in [6.07, 6.45) is 1.35. The quantitative estimate of drug-likeness (QED) is 0.685. The first-order valence-corrected chi connectivity index (χ1v) is 11.2. The summed E-state index contributed by atoms with van der Waals surface area (Å²) >= 11 is 0. The number of halogens is 1. The number of benzene rings is 2. The van der Waals surface area contributed by atoms with Crippen LogP contribution in [-0.2, 0) is 19.4 Å². The van der Waals surface area contributed by atoms with Gasteiger partial charge in [-0.05, 0) is 41.8 Å². The van der Waals surface area contributed by atoms with E-state index in [0.29, 0.717) is 11.3 Å². The summed E-state index contributed by atoms with van der Waals surface area (Å²) < 4.78 is 42.9. The molecule has 1 N–H and O–H groups in total. The van der Waals surface area contributed by atoms with Crippen molar-refractivity contribution in [1.29, 1.82) is 0 Å². The van der Waals surface area contributed by atoms with Crippen LogP contribution >= 0.6 is 0 Å². The fourth-order valence-electron chi connectivity index (χ4n) is 3.38. The fraction of sp³-hybridized carbons (Fsp3) is 0.273. The van der Waals surface area contributed by atoms with Gasteiger partial charge in [0.1, 0.15) is 11.5 Å². The summed E-state index contributed by atoms with van der Waals surface area (Å²) in [5.74, 6) is -1.99. The molecule has 0 saturated heterocycles. The number of aliphatic hydroxyl groups is 1. The Hall–Kier alpha value is -3.00. The summed E-state index contributed by atoms with van der Waals surface area (Å²) in [7, 11) is -3.54. The van der Waals surface area contributed by atoms with Gasteiger partial charge in [0.2, 0.25) is 0 Å². The summed E-state index contributed by atoms with van der Waals surface area (Å²) in [5, 5.41) is 10.2. The fourth-order valence-corrected chi connectivity index (χ4v) is 4.01. The molecule has 0 radical (unpaired) electrons. The summed E-state index contributed by atoms with van der Waals surface area (Å²) in [4.78, 5) is 24.1. The second-order valence-corrected chi connectivity index (χ2v) is 9.18. The van der Waals surface area contributed by atoms with Crippen LogP contribution in [-0.4, -0.2) is 31.3 Å². The van der Waals surface area contributed by atoms with Crippen LogP contribution in [0.2, 0.25) is 0 Å². The Labute approximate surface area is 173 Å². The summed E-state index contributed by atoms with van der Waals surface area (Å²) in [6, 6.07) is 10.0. The molecule has 1 aliphatic rings. The van der Waals surface area contributed by atoms with E-state index in [0.717, 1.165) is 12.3 Å². The van der Waals surface area contributed by atoms with Crippen LogP contribution < -0.4 is 4.74 Å². The third kappa shape index (κ3) is 4.59. The number of ketones is 2. The number of rotatable bonds is 6. The maximum Gasteiger partial charge on any atom is 0.175 e. The van der Waals surface area contributed by atoms with Gasteiger partial charge in [0.05, 0.1) is 10.5 Å². The van der Waals surface area contributed by atoms with E-state index >= 15 is 0 Å². The number of hydrogen-bond donors (Lipinski definition) is 1. The summed E-state index contributed by atoms with van der Waals surface area (Å²) in [6.45, 7) is 1.63. The largest absolute Gasteiger partial charge is 0.511 e. The van der Waals surface area contributed by atoms with Gasteiger partial charge in [-0.2, -0.15) is 0 Å². The number of carbonyl (C=O) groups is 2. The normalized spacial score (nSPS) is 17.2. The molecule has 1 unspecified atom stereocenters. The zero-order chi connectivity index (χ0) is 22.1. The zero-order valence-corrected chi connectivity index (χ0v) is 17.3. The van der Waals surface area contributed by atoms with Crippen LogP contribution in [0.4, 0.5) is 4.39 Å². The SMILES string of the molecule is CCC(=O)C1=C(O)CC(c2cccc(Oc3ccc(S(C)(=O)=O)cc3F)c2)CC1=O. The van der Waals surface area contributed by atoms with Gasteiger partial charge in [0.25, 0.3) is 0 Å². The molecule has 0 saturated carbocycles. The Morgan fingerprint density at radius 2 is 1.93 bits per heavy atom. The molecule has 0 aliphatic heterocycles. The highest BCUT2D eigenvalue weighted by molar-refractivity contribution is 7.90. The highest BCUT2D eigenvalue weighted by Crippen LogP contribution is 2.36. The number of allylic oxidation sites excluding steroid dienone is 2. The number of aliphatic hydroxyl groups excluding tert-OH is 1. The third-order valence-corrected chi connectivity index (χ3v) is 6.04. The van der Waals surface area contributed by atoms with E-state index in [9.17, 15) is 27.5 Å². The molecule has 158 valence electrons. The predicted molar refractivity (Wildman–Crippen MR) is 108 cm³/mol. The van der Waals surface area contributed by atoms with E-state index in [-0.39, 0.29) is 52.9 Å². The van der Waals surface area contributed by atoms with Gasteiger partial charge in [-0.15, -0.1) is 0 Å². The Kier molecular flexibility index (Phi) is 6.07. The van der Waals surface area contributed by atoms with Crippen LogP contribution in [0, 0.1) is 5.82 Å². The average molecular weight is 432 g/mol. The molecule has 30 heavy (non-hydrogen) atoms. The van der Waals surface area contributed by atoms with Crippen LogP contribution in [0.15, 0.2) is 58.7 Å². The van der Waals surface area contributed by atoms with Crippen molar-refractivity contribution in [3.63, 3.8) is 0 Å². The van der Waals surface area contributed by atoms with Crippen molar-refractivity contribution in [3.05, 3.63) is 65.2 Å². The van der Waals surface area contributed by atoms with E-state index in [1.54, 1.807) is 31.2 Å². The van der Waals surface area contributed by atoms with E-state index in [2.05, 4.69) is 0 Å². The van der Waals surface area contributed by atoms with Crippen molar-refractivity contribution in [2.45, 2.75) is 37.0 Å². The lowest BCUT2D eigenvalue weighted by molar-refractivity contribution is -0.122. The number of sulfone groups is 1. The van der Waals surface area contributed by atoms with E-state index in [1.165, 1.54) is 12.1 Å². The lowest BCUT2D eigenvalue weighted by Gasteiger charge is -2.23. The van der Waals surface area contributed by atoms with Crippen LogP contribution in [0.1, 0.15) is 37.7 Å². The molecular weight excluding hydrogens is 411 g/mol. The van der Waals surface area contributed by atoms with Crippen LogP contribution in [0.3, 0.4) is 0 Å². The summed E-state index contributed by atoms with van der Waals surface area (Å²) in [5.41, 5.74) is 0.581. The first-order valence-electron chi connectivity index (χ1n) is 9.36. The molecule has 0 amide bonds. The van der Waals surface area contributed by atoms with E-state index in [4.69, 9.17) is 4.74 Å². The number of Topliss-reactive ketones (excluding diaryl/α,β-unsaturated/α-hetero) is 2. The zero-order valence-electron chi connectivity index (χ0n) is 16.5. The average Bonchev–Trinajstić information content (AvgIpc) is 2.68. The Bertz CT molecular complexity index is 1150. The van der Waals surface area contributed by atoms with Gasteiger partial charge in [-0.25, -0.2) is 12.8 Å². The molecule has 6 nitrogen and oxygen atoms in total. The Morgan fingerprint density at radius 1 is 1.20 bits per heavy atom. The second-order valence-electron chi connectivity index (χ2n) is 7.17. The second kappa shape index (κ2) is 8.39. The topological polar surface area (TPSA) is 97.7 Å². The molecule has 1 atom stereocenters. The molecule has 0 heterocycles. The Balaban J connectivity index is 1.83. The number of ether oxygens (including phenoxy) is 1. The minimum Gasteiger partial charge on any atom is -0.511 e. The molecule has 8 heteroatoms. The molecule has 0 spiro atoms. The molecule has 0 bridgehead atoms. The maximum absolute atomic E-state index is 14.3. The molecule has 0 aromatic heterocycles. The van der Waals surface area contributed by atoms with E-state index < -0.39 is 21.4 Å². The van der Waals surface area contributed by atoms with Crippen molar-refractivity contribution in [2.24, 2.45) is 0 Å². The minimum atomic E-state index is -3.54. The van der Waals surface area contributed by atoms with Gasteiger partial charge >= 0.3 is 0 Å². The van der Waals surface area contributed by atoms with Gasteiger partial charge in [0.15, 0.2) is 33.0 Å². The molecule has 1 aliphatic carbocycles. The minimum absolute atomic E-state index is 0.0754. The standard InChI is InChI=1S/C22H21FO6S/c1-3-18(24)22-19(25)10-14(11-20(22)26)13-5-4-6-15(9-13)29-21-8-7-16(12-17(21)23)30(2,27)28/h4-9,12,14,25H,3,10-11H2,1-2H3. The van der Waals surface area contributed by atoms with Crippen molar-refractivity contribution in [3.8, 4) is 11.5 Å². The van der Waals surface area contributed by atoms with Crippen molar-refractivity contribution >= 4 is 21.4 Å². The van der Waals surface area contributed by atoms with Gasteiger partial charge in [-0.1, -0.05) is 19.1 Å². The van der Waals surface area contributed by atoms with E-state index in [1.807, 2.05) is 0 Å². The van der Waals surface area contributed by atoms with Crippen LogP contribution in [0.25, 0.3) is 0 Å². The Morgan fingerprint density at radius 3 is 2.53 bits per heavy atom. The predicted octanol–water partition coefficient (Wildman–Crippen LogP) is 4.26. The van der Waals surface area contributed by atoms with Gasteiger partial charge in [-0.3, -0.25) is 9.59 Å². The molecule has 3 rings (SSSR count). The smallest absolute Gasteiger partial charge is 0.175 e. The molecule has 2 aromatic rings. The lowest BCUT2D eigenvalue weighted by atomic mass is 9.81. The van der Waals surface area contributed by atoms with Crippen molar-refractivity contribution < 1.29 is 32.2 Å². The number of hydrogen-bond acceptors (Lipinski definition) is 6. The van der Waals surface area contributed by atoms with Gasteiger partial charge < -0.3 is 9.84 Å². The van der Waals surface area contributed by atoms with Crippen molar-refractivity contribution in [2.75, 3.05) is 6.26 Å². The van der Waals surface area contributed by atoms with Crippen molar-refractivity contribution in [1.82, 2.24) is 0 Å². The maximum atomic E-state index is 14.3. The first-order chi connectivity index (χ1) is 14.1. The highest BCUT2D eigenvalue weighted by Gasteiger charge is 2.31. The third-order valence-electron chi connectivity index (χ3n) is 4.93.